The zero-order valence-corrected chi connectivity index (χ0v) is 12.9. The van der Waals surface area contributed by atoms with Gasteiger partial charge in [-0.2, -0.15) is 0 Å². The highest BCUT2D eigenvalue weighted by Gasteiger charge is 2.46. The van der Waals surface area contributed by atoms with Crippen molar-refractivity contribution < 1.29 is 14.3 Å². The summed E-state index contributed by atoms with van der Waals surface area (Å²) in [6.45, 7) is 2.52. The Morgan fingerprint density at radius 3 is 2.50 bits per heavy atom. The Hall–Kier alpha value is -0.720. The molecule has 1 heterocycles. The second-order valence-corrected chi connectivity index (χ2v) is 6.42. The van der Waals surface area contributed by atoms with Gasteiger partial charge in [-0.15, -0.1) is 0 Å². The SMILES string of the molecule is COCCC1(CNC(=O)C2(C(N)=S)CCOCC2)CC1. The Labute approximate surface area is 125 Å². The maximum absolute atomic E-state index is 12.5. The van der Waals surface area contributed by atoms with Gasteiger partial charge in [-0.05, 0) is 37.5 Å². The maximum Gasteiger partial charge on any atom is 0.233 e. The first-order valence-corrected chi connectivity index (χ1v) is 7.60. The van der Waals surface area contributed by atoms with Crippen LogP contribution >= 0.6 is 12.2 Å². The number of nitrogens with two attached hydrogens (primary N) is 1. The summed E-state index contributed by atoms with van der Waals surface area (Å²) in [5, 5.41) is 3.07. The molecule has 0 spiro atoms. The molecule has 2 aliphatic rings. The van der Waals surface area contributed by atoms with Gasteiger partial charge < -0.3 is 20.5 Å². The molecule has 0 aromatic heterocycles. The largest absolute Gasteiger partial charge is 0.392 e. The Kier molecular flexibility index (Phi) is 4.99. The molecule has 0 bridgehead atoms. The third-order valence-electron chi connectivity index (χ3n) is 4.67. The van der Waals surface area contributed by atoms with Crippen molar-refractivity contribution in [3.8, 4) is 0 Å². The van der Waals surface area contributed by atoms with Crippen LogP contribution in [-0.4, -0.2) is 44.4 Å². The molecule has 3 N–H and O–H groups in total. The van der Waals surface area contributed by atoms with Crippen molar-refractivity contribution in [2.45, 2.75) is 32.1 Å². The fraction of sp³-hybridized carbons (Fsp3) is 0.857. The summed E-state index contributed by atoms with van der Waals surface area (Å²) in [4.78, 5) is 12.8. The Bertz CT molecular complexity index is 377. The number of nitrogens with one attached hydrogen (secondary N) is 1. The van der Waals surface area contributed by atoms with E-state index in [0.717, 1.165) is 25.9 Å². The molecule has 0 unspecified atom stereocenters. The van der Waals surface area contributed by atoms with Crippen LogP contribution < -0.4 is 11.1 Å². The van der Waals surface area contributed by atoms with Gasteiger partial charge >= 0.3 is 0 Å². The first-order chi connectivity index (χ1) is 9.55. The zero-order chi connectivity index (χ0) is 14.6. The van der Waals surface area contributed by atoms with Gasteiger partial charge in [0.1, 0.15) is 5.41 Å². The first-order valence-electron chi connectivity index (χ1n) is 7.20. The number of hydrogen-bond donors (Lipinski definition) is 2. The zero-order valence-electron chi connectivity index (χ0n) is 12.1. The predicted molar refractivity (Wildman–Crippen MR) is 80.4 cm³/mol. The van der Waals surface area contributed by atoms with Crippen LogP contribution in [0.15, 0.2) is 0 Å². The minimum Gasteiger partial charge on any atom is -0.392 e. The van der Waals surface area contributed by atoms with Gasteiger partial charge in [-0.1, -0.05) is 12.2 Å². The van der Waals surface area contributed by atoms with Crippen molar-refractivity contribution in [3.63, 3.8) is 0 Å². The second-order valence-electron chi connectivity index (χ2n) is 5.98. The van der Waals surface area contributed by atoms with Gasteiger partial charge in [-0.25, -0.2) is 0 Å². The number of thiocarbonyl (C=S) groups is 1. The maximum atomic E-state index is 12.5. The van der Waals surface area contributed by atoms with Crippen LogP contribution in [0.2, 0.25) is 0 Å². The topological polar surface area (TPSA) is 73.6 Å². The van der Waals surface area contributed by atoms with E-state index in [9.17, 15) is 4.79 Å². The summed E-state index contributed by atoms with van der Waals surface area (Å²) in [5.74, 6) is -0.0306. The lowest BCUT2D eigenvalue weighted by molar-refractivity contribution is -0.131. The number of rotatable bonds is 7. The van der Waals surface area contributed by atoms with E-state index >= 15 is 0 Å². The highest BCUT2D eigenvalue weighted by molar-refractivity contribution is 7.80. The second kappa shape index (κ2) is 6.37. The standard InChI is InChI=1S/C14H24N2O3S/c1-18-7-4-13(2-3-13)10-16-12(17)14(11(15)20)5-8-19-9-6-14/h2-10H2,1H3,(H2,15,20)(H,16,17). The molecule has 0 aromatic rings. The minimum atomic E-state index is -0.717. The van der Waals surface area contributed by atoms with E-state index in [-0.39, 0.29) is 11.3 Å². The number of hydrogen-bond acceptors (Lipinski definition) is 4. The number of amides is 1. The van der Waals surface area contributed by atoms with Crippen molar-refractivity contribution in [1.29, 1.82) is 0 Å². The van der Waals surface area contributed by atoms with E-state index in [2.05, 4.69) is 5.32 Å². The Morgan fingerprint density at radius 2 is 2.00 bits per heavy atom. The van der Waals surface area contributed by atoms with Crippen LogP contribution in [0, 0.1) is 10.8 Å². The minimum absolute atomic E-state index is 0.0306. The molecule has 0 aromatic carbocycles. The molecule has 6 heteroatoms. The number of carbonyl (C=O) groups excluding carboxylic acids is 1. The molecule has 1 amide bonds. The lowest BCUT2D eigenvalue weighted by atomic mass is 9.79. The average molecular weight is 300 g/mol. The van der Waals surface area contributed by atoms with Crippen molar-refractivity contribution in [1.82, 2.24) is 5.32 Å². The van der Waals surface area contributed by atoms with Crippen LogP contribution in [0.25, 0.3) is 0 Å². The number of carbonyl (C=O) groups is 1. The molecule has 1 saturated heterocycles. The summed E-state index contributed by atoms with van der Waals surface area (Å²) < 4.78 is 10.5. The molecule has 2 rings (SSSR count). The molecular weight excluding hydrogens is 276 g/mol. The van der Waals surface area contributed by atoms with Crippen LogP contribution in [0.4, 0.5) is 0 Å². The lowest BCUT2D eigenvalue weighted by Crippen LogP contribution is -2.52. The molecule has 1 aliphatic heterocycles. The summed E-state index contributed by atoms with van der Waals surface area (Å²) in [5.41, 5.74) is 5.35. The predicted octanol–water partition coefficient (Wildman–Crippen LogP) is 1.00. The van der Waals surface area contributed by atoms with Crippen molar-refractivity contribution in [2.24, 2.45) is 16.6 Å². The van der Waals surface area contributed by atoms with Crippen LogP contribution in [-0.2, 0) is 14.3 Å². The fourth-order valence-electron chi connectivity index (χ4n) is 2.75. The first kappa shape index (κ1) is 15.7. The highest BCUT2D eigenvalue weighted by Crippen LogP contribution is 2.48. The highest BCUT2D eigenvalue weighted by atomic mass is 32.1. The van der Waals surface area contributed by atoms with Crippen LogP contribution in [0.3, 0.4) is 0 Å². The molecule has 114 valence electrons. The average Bonchev–Trinajstić information content (AvgIpc) is 3.23. The van der Waals surface area contributed by atoms with Crippen molar-refractivity contribution in [3.05, 3.63) is 0 Å². The normalized spacial score (nSPS) is 23.1. The monoisotopic (exact) mass is 300 g/mol. The van der Waals surface area contributed by atoms with Gasteiger partial charge in [0, 0.05) is 33.5 Å². The van der Waals surface area contributed by atoms with E-state index in [1.165, 1.54) is 0 Å². The molecule has 0 atom stereocenters. The van der Waals surface area contributed by atoms with E-state index in [1.807, 2.05) is 0 Å². The van der Waals surface area contributed by atoms with Gasteiger partial charge in [0.15, 0.2) is 0 Å². The van der Waals surface area contributed by atoms with Crippen molar-refractivity contribution >= 4 is 23.1 Å². The quantitative estimate of drug-likeness (QED) is 0.686. The van der Waals surface area contributed by atoms with Gasteiger partial charge in [-0.3, -0.25) is 4.79 Å². The third kappa shape index (κ3) is 3.30. The van der Waals surface area contributed by atoms with E-state index in [0.29, 0.717) is 37.6 Å². The number of methoxy groups -OCH3 is 1. The summed E-state index contributed by atoms with van der Waals surface area (Å²) >= 11 is 5.14. The molecular formula is C14H24N2O3S. The van der Waals surface area contributed by atoms with E-state index in [4.69, 9.17) is 27.4 Å². The lowest BCUT2D eigenvalue weighted by Gasteiger charge is -2.35. The molecule has 0 radical (unpaired) electrons. The molecule has 5 nitrogen and oxygen atoms in total. The molecule has 1 saturated carbocycles. The molecule has 2 fully saturated rings. The fourth-order valence-corrected chi connectivity index (χ4v) is 3.05. The van der Waals surface area contributed by atoms with E-state index < -0.39 is 5.41 Å². The smallest absolute Gasteiger partial charge is 0.233 e. The summed E-state index contributed by atoms with van der Waals surface area (Å²) in [6.07, 6.45) is 4.46. The number of ether oxygens (including phenoxy) is 2. The van der Waals surface area contributed by atoms with Gasteiger partial charge in [0.25, 0.3) is 0 Å². The van der Waals surface area contributed by atoms with Gasteiger partial charge in [0.05, 0.1) is 4.99 Å². The third-order valence-corrected chi connectivity index (χ3v) is 5.06. The van der Waals surface area contributed by atoms with Gasteiger partial charge in [0.2, 0.25) is 5.91 Å². The Balaban J connectivity index is 1.91. The summed E-state index contributed by atoms with van der Waals surface area (Å²) in [7, 11) is 1.71. The molecule has 1 aliphatic carbocycles. The van der Waals surface area contributed by atoms with E-state index in [1.54, 1.807) is 7.11 Å². The Morgan fingerprint density at radius 1 is 1.35 bits per heavy atom. The molecule has 20 heavy (non-hydrogen) atoms. The van der Waals surface area contributed by atoms with Crippen LogP contribution in [0.1, 0.15) is 32.1 Å². The summed E-state index contributed by atoms with van der Waals surface area (Å²) in [6, 6.07) is 0. The van der Waals surface area contributed by atoms with Crippen LogP contribution in [0.5, 0.6) is 0 Å². The van der Waals surface area contributed by atoms with Crippen molar-refractivity contribution in [2.75, 3.05) is 33.5 Å².